The van der Waals surface area contributed by atoms with Crippen molar-refractivity contribution in [1.82, 2.24) is 10.6 Å². The van der Waals surface area contributed by atoms with Crippen LogP contribution in [0.25, 0.3) is 0 Å². The Bertz CT molecular complexity index is 584. The van der Waals surface area contributed by atoms with E-state index in [0.29, 0.717) is 6.61 Å². The van der Waals surface area contributed by atoms with Crippen LogP contribution in [0, 0.1) is 0 Å². The number of benzene rings is 1. The van der Waals surface area contributed by atoms with Crippen molar-refractivity contribution in [2.45, 2.75) is 50.5 Å². The average molecular weight is 332 g/mol. The van der Waals surface area contributed by atoms with Crippen molar-refractivity contribution in [3.8, 4) is 0 Å². The highest BCUT2D eigenvalue weighted by atomic mass is 16.7. The van der Waals surface area contributed by atoms with E-state index in [0.717, 1.165) is 31.2 Å². The Hall–Kier alpha value is -1.92. The molecule has 2 unspecified atom stereocenters. The van der Waals surface area contributed by atoms with Gasteiger partial charge < -0.3 is 20.1 Å². The Kier molecular flexibility index (Phi) is 5.16. The second-order valence-electron chi connectivity index (χ2n) is 6.48. The predicted molar refractivity (Wildman–Crippen MR) is 88.0 cm³/mol. The van der Waals surface area contributed by atoms with E-state index in [4.69, 9.17) is 9.47 Å². The van der Waals surface area contributed by atoms with Crippen LogP contribution in [0.1, 0.15) is 44.2 Å². The first-order chi connectivity index (χ1) is 11.6. The molecule has 2 amide bonds. The zero-order chi connectivity index (χ0) is 17.0. The molecule has 1 saturated carbocycles. The molecule has 130 valence electrons. The lowest BCUT2D eigenvalue weighted by molar-refractivity contribution is -0.161. The number of nitrogens with one attached hydrogen (secondary N) is 2. The zero-order valence-electron chi connectivity index (χ0n) is 13.9. The maximum atomic E-state index is 12.0. The van der Waals surface area contributed by atoms with E-state index >= 15 is 0 Å². The predicted octanol–water partition coefficient (Wildman–Crippen LogP) is 1.67. The number of hydrogen-bond acceptors (Lipinski definition) is 4. The number of rotatable bonds is 4. The van der Waals surface area contributed by atoms with Crippen LogP contribution >= 0.6 is 0 Å². The van der Waals surface area contributed by atoms with Gasteiger partial charge in [0, 0.05) is 19.4 Å². The standard InChI is InChI=1S/C18H24N2O4/c1-13(14-7-3-2-4-8-14)20-17(22)16(21)19-11-15-12-23-18(24-15)9-5-6-10-18/h2-4,7-8,13,15H,5-6,9-12H2,1H3,(H,19,21)(H,20,22). The number of amides is 2. The van der Waals surface area contributed by atoms with Gasteiger partial charge in [-0.05, 0) is 25.3 Å². The van der Waals surface area contributed by atoms with Crippen molar-refractivity contribution in [3.63, 3.8) is 0 Å². The minimum atomic E-state index is -0.645. The summed E-state index contributed by atoms with van der Waals surface area (Å²) in [4.78, 5) is 23.9. The second-order valence-corrected chi connectivity index (χ2v) is 6.48. The van der Waals surface area contributed by atoms with E-state index in [1.807, 2.05) is 37.3 Å². The lowest BCUT2D eigenvalue weighted by atomic mass is 10.1. The summed E-state index contributed by atoms with van der Waals surface area (Å²) in [5.41, 5.74) is 0.953. The Labute approximate surface area is 141 Å². The largest absolute Gasteiger partial charge is 0.347 e. The third-order valence-electron chi connectivity index (χ3n) is 4.62. The molecule has 2 N–H and O–H groups in total. The van der Waals surface area contributed by atoms with Crippen LogP contribution in [0.15, 0.2) is 30.3 Å². The molecule has 1 aliphatic carbocycles. The van der Waals surface area contributed by atoms with E-state index < -0.39 is 17.6 Å². The van der Waals surface area contributed by atoms with Gasteiger partial charge in [0.1, 0.15) is 6.10 Å². The highest BCUT2D eigenvalue weighted by Gasteiger charge is 2.43. The summed E-state index contributed by atoms with van der Waals surface area (Å²) in [5.74, 6) is -1.73. The van der Waals surface area contributed by atoms with Gasteiger partial charge in [-0.25, -0.2) is 0 Å². The highest BCUT2D eigenvalue weighted by Crippen LogP contribution is 2.38. The summed E-state index contributed by atoms with van der Waals surface area (Å²) in [6.07, 6.45) is 3.85. The minimum Gasteiger partial charge on any atom is -0.347 e. The summed E-state index contributed by atoms with van der Waals surface area (Å²) in [6.45, 7) is 2.59. The molecular formula is C18H24N2O4. The monoisotopic (exact) mass is 332 g/mol. The van der Waals surface area contributed by atoms with Crippen molar-refractivity contribution in [1.29, 1.82) is 0 Å². The van der Waals surface area contributed by atoms with Crippen LogP contribution in [-0.4, -0.2) is 36.9 Å². The van der Waals surface area contributed by atoms with Gasteiger partial charge in [0.2, 0.25) is 0 Å². The van der Waals surface area contributed by atoms with Gasteiger partial charge in [0.05, 0.1) is 12.6 Å². The van der Waals surface area contributed by atoms with Crippen molar-refractivity contribution in [2.24, 2.45) is 0 Å². The number of carbonyl (C=O) groups is 2. The lowest BCUT2D eigenvalue weighted by Crippen LogP contribution is -2.44. The molecule has 6 nitrogen and oxygen atoms in total. The summed E-state index contributed by atoms with van der Waals surface area (Å²) in [6, 6.07) is 9.30. The van der Waals surface area contributed by atoms with E-state index in [9.17, 15) is 9.59 Å². The third kappa shape index (κ3) is 3.94. The van der Waals surface area contributed by atoms with Crippen LogP contribution in [0.4, 0.5) is 0 Å². The van der Waals surface area contributed by atoms with Crippen LogP contribution in [0.2, 0.25) is 0 Å². The third-order valence-corrected chi connectivity index (χ3v) is 4.62. The van der Waals surface area contributed by atoms with Crippen LogP contribution < -0.4 is 10.6 Å². The van der Waals surface area contributed by atoms with Crippen LogP contribution in [0.5, 0.6) is 0 Å². The topological polar surface area (TPSA) is 76.7 Å². The number of hydrogen-bond donors (Lipinski definition) is 2. The van der Waals surface area contributed by atoms with Crippen molar-refractivity contribution >= 4 is 11.8 Å². The van der Waals surface area contributed by atoms with Gasteiger partial charge in [-0.1, -0.05) is 30.3 Å². The minimum absolute atomic E-state index is 0.189. The van der Waals surface area contributed by atoms with Crippen LogP contribution in [0.3, 0.4) is 0 Å². The number of carbonyl (C=O) groups excluding carboxylic acids is 2. The van der Waals surface area contributed by atoms with Gasteiger partial charge in [0.15, 0.2) is 5.79 Å². The fourth-order valence-electron chi connectivity index (χ4n) is 3.27. The Balaban J connectivity index is 1.42. The van der Waals surface area contributed by atoms with Gasteiger partial charge in [-0.2, -0.15) is 0 Å². The SMILES string of the molecule is CC(NC(=O)C(=O)NCC1COC2(CCCC2)O1)c1ccccc1. The van der Waals surface area contributed by atoms with E-state index in [-0.39, 0.29) is 18.7 Å². The average Bonchev–Trinajstić information content (AvgIpc) is 3.23. The molecule has 0 aromatic heterocycles. The quantitative estimate of drug-likeness (QED) is 0.822. The Morgan fingerprint density at radius 3 is 2.62 bits per heavy atom. The summed E-state index contributed by atoms with van der Waals surface area (Å²) in [7, 11) is 0. The Morgan fingerprint density at radius 2 is 1.92 bits per heavy atom. The molecule has 0 radical (unpaired) electrons. The molecule has 1 spiro atoms. The zero-order valence-corrected chi connectivity index (χ0v) is 13.9. The molecule has 0 bridgehead atoms. The molecule has 2 aliphatic rings. The molecule has 2 atom stereocenters. The maximum Gasteiger partial charge on any atom is 0.309 e. The van der Waals surface area contributed by atoms with E-state index in [1.54, 1.807) is 0 Å². The first kappa shape index (κ1) is 16.9. The molecule has 1 aromatic rings. The van der Waals surface area contributed by atoms with Gasteiger partial charge in [0.25, 0.3) is 0 Å². The van der Waals surface area contributed by atoms with Gasteiger partial charge in [-0.3, -0.25) is 9.59 Å². The molecular weight excluding hydrogens is 308 g/mol. The van der Waals surface area contributed by atoms with Crippen molar-refractivity contribution in [2.75, 3.05) is 13.2 Å². The molecule has 1 aromatic carbocycles. The summed E-state index contributed by atoms with van der Waals surface area (Å²) < 4.78 is 11.7. The first-order valence-corrected chi connectivity index (χ1v) is 8.53. The lowest BCUT2D eigenvalue weighted by Gasteiger charge is -2.22. The van der Waals surface area contributed by atoms with Gasteiger partial charge >= 0.3 is 11.8 Å². The smallest absolute Gasteiger partial charge is 0.309 e. The van der Waals surface area contributed by atoms with Crippen molar-refractivity contribution in [3.05, 3.63) is 35.9 Å². The maximum absolute atomic E-state index is 12.0. The summed E-state index contributed by atoms with van der Waals surface area (Å²) in [5, 5.41) is 5.33. The van der Waals surface area contributed by atoms with Crippen LogP contribution in [-0.2, 0) is 19.1 Å². The normalized spacial score (nSPS) is 23.1. The van der Waals surface area contributed by atoms with E-state index in [2.05, 4.69) is 10.6 Å². The highest BCUT2D eigenvalue weighted by molar-refractivity contribution is 6.35. The Morgan fingerprint density at radius 1 is 1.21 bits per heavy atom. The fourth-order valence-corrected chi connectivity index (χ4v) is 3.27. The molecule has 1 saturated heterocycles. The molecule has 6 heteroatoms. The van der Waals surface area contributed by atoms with Crippen molar-refractivity contribution < 1.29 is 19.1 Å². The number of ether oxygens (including phenoxy) is 2. The molecule has 1 aliphatic heterocycles. The van der Waals surface area contributed by atoms with E-state index in [1.165, 1.54) is 0 Å². The molecule has 3 rings (SSSR count). The molecule has 1 heterocycles. The molecule has 24 heavy (non-hydrogen) atoms. The summed E-state index contributed by atoms with van der Waals surface area (Å²) >= 11 is 0. The van der Waals surface area contributed by atoms with Gasteiger partial charge in [-0.15, -0.1) is 0 Å². The first-order valence-electron chi connectivity index (χ1n) is 8.53. The fraction of sp³-hybridized carbons (Fsp3) is 0.556. The molecule has 2 fully saturated rings. The second kappa shape index (κ2) is 7.32.